The molecule has 0 saturated heterocycles. The minimum atomic E-state index is 0. The van der Waals surface area contributed by atoms with E-state index in [2.05, 4.69) is 0 Å². The van der Waals surface area contributed by atoms with Gasteiger partial charge in [-0.05, 0) is 22.3 Å². The molecule has 2 aromatic carbocycles. The molecule has 0 unspecified atom stereocenters. The van der Waals surface area contributed by atoms with Crippen LogP contribution < -0.4 is 34.7 Å². The first-order valence-corrected chi connectivity index (χ1v) is 4.61. The summed E-state index contributed by atoms with van der Waals surface area (Å²) in [5, 5.41) is 11.9. The van der Waals surface area contributed by atoms with Crippen LogP contribution in [0.3, 0.4) is 0 Å². The van der Waals surface area contributed by atoms with Gasteiger partial charge in [0.15, 0.2) is 0 Å². The molecule has 0 bridgehead atoms. The summed E-state index contributed by atoms with van der Waals surface area (Å²) in [6, 6.07) is 15.5. The molecule has 0 heterocycles. The average molecular weight is 203 g/mol. The van der Waals surface area contributed by atoms with Gasteiger partial charge < -0.3 is 5.11 Å². The molecule has 2 aromatic rings. The predicted octanol–water partition coefficient (Wildman–Crippen LogP) is -1.04. The average Bonchev–Trinajstić information content (AvgIpc) is 2.55. The summed E-state index contributed by atoms with van der Waals surface area (Å²) in [6.45, 7) is 0. The molecule has 0 aliphatic heterocycles. The molecule has 1 radical (unpaired) electrons. The Kier molecular flexibility index (Phi) is 2.98. The normalized spacial score (nSPS) is 12.9. The van der Waals surface area contributed by atoms with Crippen LogP contribution in [-0.2, 0) is 0 Å². The Balaban J connectivity index is 0.000000853. The first-order chi connectivity index (χ1) is 6.88. The Bertz CT molecular complexity index is 448. The summed E-state index contributed by atoms with van der Waals surface area (Å²) >= 11 is 0. The van der Waals surface area contributed by atoms with Crippen molar-refractivity contribution >= 4 is 0 Å². The Morgan fingerprint density at radius 3 is 1.33 bits per heavy atom. The van der Waals surface area contributed by atoms with E-state index in [1.54, 1.807) is 0 Å². The maximum absolute atomic E-state index is 11.9. The number of hydrogen-bond acceptors (Lipinski definition) is 1. The molecule has 1 aliphatic rings. The number of fused-ring (bicyclic) bond motifs is 3. The van der Waals surface area contributed by atoms with Crippen molar-refractivity contribution in [2.24, 2.45) is 0 Å². The van der Waals surface area contributed by atoms with E-state index in [0.29, 0.717) is 0 Å². The summed E-state index contributed by atoms with van der Waals surface area (Å²) in [5.41, 5.74) is 3.78. The van der Waals surface area contributed by atoms with Crippen LogP contribution in [0.2, 0.25) is 0 Å². The third kappa shape index (κ3) is 1.56. The van der Waals surface area contributed by atoms with Gasteiger partial charge in [0.05, 0.1) is 0 Å². The molecule has 2 heteroatoms. The Morgan fingerprint density at radius 2 is 0.933 bits per heavy atom. The summed E-state index contributed by atoms with van der Waals surface area (Å²) in [6.07, 6.45) is 0.149. The minimum absolute atomic E-state index is 0. The van der Waals surface area contributed by atoms with Crippen LogP contribution in [-0.4, -0.2) is 0 Å². The van der Waals surface area contributed by atoms with Gasteiger partial charge in [-0.1, -0.05) is 54.6 Å². The van der Waals surface area contributed by atoms with E-state index < -0.39 is 0 Å². The van der Waals surface area contributed by atoms with E-state index in [9.17, 15) is 5.11 Å². The van der Waals surface area contributed by atoms with Gasteiger partial charge in [-0.25, -0.2) is 0 Å². The summed E-state index contributed by atoms with van der Waals surface area (Å²) in [7, 11) is 0. The number of rotatable bonds is 0. The third-order valence-corrected chi connectivity index (χ3v) is 2.63. The van der Waals surface area contributed by atoms with E-state index >= 15 is 0 Å². The summed E-state index contributed by atoms with van der Waals surface area (Å²) < 4.78 is 0. The van der Waals surface area contributed by atoms with E-state index in [1.807, 2.05) is 48.5 Å². The van der Waals surface area contributed by atoms with Crippen LogP contribution >= 0.6 is 0 Å². The molecule has 15 heavy (non-hydrogen) atoms. The molecule has 1 aliphatic carbocycles. The van der Waals surface area contributed by atoms with Crippen LogP contribution in [0.1, 0.15) is 11.1 Å². The topological polar surface area (TPSA) is 23.1 Å². The molecule has 0 fully saturated rings. The van der Waals surface area contributed by atoms with Gasteiger partial charge in [0.2, 0.25) is 0 Å². The van der Waals surface area contributed by atoms with Gasteiger partial charge in [0.1, 0.15) is 0 Å². The maximum Gasteiger partial charge on any atom is 1.00 e. The molecule has 0 atom stereocenters. The SMILES string of the molecule is [Na+].[O-][C]1c2ccccc2-c2ccccc21. The van der Waals surface area contributed by atoms with Crippen LogP contribution in [0, 0.1) is 6.10 Å². The summed E-state index contributed by atoms with van der Waals surface area (Å²) in [5.74, 6) is 0. The molecule has 0 spiro atoms. The molecule has 67 valence electrons. The fourth-order valence-electron chi connectivity index (χ4n) is 1.98. The molecule has 0 N–H and O–H groups in total. The Morgan fingerprint density at radius 1 is 0.600 bits per heavy atom. The van der Waals surface area contributed by atoms with E-state index in [1.165, 1.54) is 0 Å². The molecule has 0 saturated carbocycles. The van der Waals surface area contributed by atoms with Crippen molar-refractivity contribution in [3.63, 3.8) is 0 Å². The van der Waals surface area contributed by atoms with Gasteiger partial charge in [-0.2, -0.15) is 0 Å². The van der Waals surface area contributed by atoms with Crippen molar-refractivity contribution < 1.29 is 34.7 Å². The second-order valence-corrected chi connectivity index (χ2v) is 3.42. The molecule has 0 aromatic heterocycles. The standard InChI is InChI=1S/C13H8O.Na/c14-13-11-7-3-1-5-9(11)10-6-2-4-8-12(10)13;/h1-8H;/q-1;+1. The van der Waals surface area contributed by atoms with Gasteiger partial charge in [0, 0.05) is 0 Å². The smallest absolute Gasteiger partial charge is 0.843 e. The largest absolute Gasteiger partial charge is 1.00 e. The number of benzene rings is 2. The monoisotopic (exact) mass is 203 g/mol. The van der Waals surface area contributed by atoms with Crippen molar-refractivity contribution in [3.8, 4) is 11.1 Å². The van der Waals surface area contributed by atoms with Crippen molar-refractivity contribution in [2.45, 2.75) is 0 Å². The third-order valence-electron chi connectivity index (χ3n) is 2.63. The molecule has 0 amide bonds. The van der Waals surface area contributed by atoms with E-state index in [4.69, 9.17) is 0 Å². The van der Waals surface area contributed by atoms with Gasteiger partial charge in [-0.3, -0.25) is 0 Å². The quantitative estimate of drug-likeness (QED) is 0.502. The van der Waals surface area contributed by atoms with Crippen molar-refractivity contribution in [2.75, 3.05) is 0 Å². The fraction of sp³-hybridized carbons (Fsp3) is 0. The maximum atomic E-state index is 11.9. The zero-order valence-electron chi connectivity index (χ0n) is 8.53. The van der Waals surface area contributed by atoms with E-state index in [0.717, 1.165) is 22.3 Å². The van der Waals surface area contributed by atoms with Crippen LogP contribution in [0.5, 0.6) is 0 Å². The predicted molar refractivity (Wildman–Crippen MR) is 53.3 cm³/mol. The van der Waals surface area contributed by atoms with Gasteiger partial charge in [0.25, 0.3) is 0 Å². The van der Waals surface area contributed by atoms with Crippen molar-refractivity contribution in [1.82, 2.24) is 0 Å². The van der Waals surface area contributed by atoms with Crippen molar-refractivity contribution in [1.29, 1.82) is 0 Å². The molecule has 1 nitrogen and oxygen atoms in total. The van der Waals surface area contributed by atoms with Crippen LogP contribution in [0.25, 0.3) is 11.1 Å². The van der Waals surface area contributed by atoms with E-state index in [-0.39, 0.29) is 35.7 Å². The Hall–Kier alpha value is -0.600. The zero-order chi connectivity index (χ0) is 9.54. The first kappa shape index (κ1) is 10.9. The summed E-state index contributed by atoms with van der Waals surface area (Å²) in [4.78, 5) is 0. The second kappa shape index (κ2) is 4.11. The van der Waals surface area contributed by atoms with Crippen LogP contribution in [0.4, 0.5) is 0 Å². The van der Waals surface area contributed by atoms with Gasteiger partial charge >= 0.3 is 29.6 Å². The van der Waals surface area contributed by atoms with Crippen molar-refractivity contribution in [3.05, 3.63) is 65.8 Å². The fourth-order valence-corrected chi connectivity index (χ4v) is 1.98. The van der Waals surface area contributed by atoms with Crippen LogP contribution in [0.15, 0.2) is 48.5 Å². The molecular weight excluding hydrogens is 195 g/mol. The number of hydrogen-bond donors (Lipinski definition) is 0. The first-order valence-electron chi connectivity index (χ1n) is 4.61. The zero-order valence-corrected chi connectivity index (χ0v) is 10.5. The molecule has 3 rings (SSSR count). The Labute approximate surface area is 111 Å². The van der Waals surface area contributed by atoms with Gasteiger partial charge in [-0.15, -0.1) is 0 Å². The second-order valence-electron chi connectivity index (χ2n) is 3.42. The minimum Gasteiger partial charge on any atom is -0.843 e. The molecular formula is C13H8NaO.